The Morgan fingerprint density at radius 1 is 1.22 bits per heavy atom. The van der Waals surface area contributed by atoms with Crippen molar-refractivity contribution in [2.45, 2.75) is 0 Å². The van der Waals surface area contributed by atoms with E-state index in [1.165, 1.54) is 10.8 Å². The zero-order valence-corrected chi connectivity index (χ0v) is 6.14. The molecule has 0 spiro atoms. The van der Waals surface area contributed by atoms with Crippen LogP contribution in [0, 0.1) is 0 Å². The lowest BCUT2D eigenvalue weighted by Gasteiger charge is -2.02. The number of thiol groups is 1. The summed E-state index contributed by atoms with van der Waals surface area (Å²) in [5.74, 6) is 0. The van der Waals surface area contributed by atoms with Gasteiger partial charge in [-0.05, 0) is 10.8 Å². The van der Waals surface area contributed by atoms with Gasteiger partial charge in [-0.3, -0.25) is 4.55 Å². The molecule has 0 amide bonds. The van der Waals surface area contributed by atoms with Crippen LogP contribution in [-0.2, 0) is 9.15 Å². The van der Waals surface area contributed by atoms with E-state index >= 15 is 0 Å². The Bertz CT molecular complexity index is 237. The molecule has 1 heterocycles. The largest absolute Gasteiger partial charge is 0.306 e. The SMILES string of the molecule is O=S(=O)(O)[SH]1C=CC=C1. The molecule has 5 heteroatoms. The molecule has 1 rings (SSSR count). The van der Waals surface area contributed by atoms with Crippen molar-refractivity contribution in [3.05, 3.63) is 23.0 Å². The topological polar surface area (TPSA) is 54.4 Å². The fourth-order valence-electron chi connectivity index (χ4n) is 0.473. The molecule has 0 aromatic rings. The third kappa shape index (κ3) is 1.57. The predicted molar refractivity (Wildman–Crippen MR) is 38.8 cm³/mol. The second kappa shape index (κ2) is 2.17. The van der Waals surface area contributed by atoms with Crippen LogP contribution in [-0.4, -0.2) is 13.0 Å². The van der Waals surface area contributed by atoms with Gasteiger partial charge in [-0.25, -0.2) is 0 Å². The van der Waals surface area contributed by atoms with Crippen molar-refractivity contribution in [2.24, 2.45) is 0 Å². The summed E-state index contributed by atoms with van der Waals surface area (Å²) in [4.78, 5) is 0. The summed E-state index contributed by atoms with van der Waals surface area (Å²) < 4.78 is 29.0. The molecule has 3 nitrogen and oxygen atoms in total. The molecule has 1 aliphatic heterocycles. The minimum atomic E-state index is -3.81. The molecule has 0 aromatic heterocycles. The van der Waals surface area contributed by atoms with Gasteiger partial charge in [-0.1, -0.05) is 22.1 Å². The number of hydrogen-bond donors (Lipinski definition) is 2. The van der Waals surface area contributed by atoms with Gasteiger partial charge in [0, 0.05) is 0 Å². The van der Waals surface area contributed by atoms with Crippen LogP contribution >= 0.6 is 9.93 Å². The molecule has 0 saturated carbocycles. The van der Waals surface area contributed by atoms with Gasteiger partial charge in [0.1, 0.15) is 0 Å². The van der Waals surface area contributed by atoms with Crippen LogP contribution in [0.15, 0.2) is 23.0 Å². The van der Waals surface area contributed by atoms with Gasteiger partial charge in [-0.15, -0.1) is 0 Å². The highest BCUT2D eigenvalue weighted by Gasteiger charge is 2.12. The minimum absolute atomic E-state index is 1.42. The quantitative estimate of drug-likeness (QED) is 0.344. The summed E-state index contributed by atoms with van der Waals surface area (Å²) >= 11 is 0. The molecule has 52 valence electrons. The fraction of sp³-hybridized carbons (Fsp3) is 0. The second-order valence-electron chi connectivity index (χ2n) is 1.49. The Hall–Kier alpha value is -0.260. The summed E-state index contributed by atoms with van der Waals surface area (Å²) in [5, 5.41) is 2.95. The molecule has 9 heavy (non-hydrogen) atoms. The Morgan fingerprint density at radius 2 is 1.67 bits per heavy atom. The molecule has 0 fully saturated rings. The second-order valence-corrected chi connectivity index (χ2v) is 6.35. The Balaban J connectivity index is 2.90. The predicted octanol–water partition coefficient (Wildman–Crippen LogP) is 0.831. The molecule has 0 unspecified atom stereocenters. The third-order valence-corrected chi connectivity index (χ3v) is 4.64. The first-order valence-corrected chi connectivity index (χ1v) is 5.74. The smallest absolute Gasteiger partial charge is 0.278 e. The van der Waals surface area contributed by atoms with Gasteiger partial charge in [0.2, 0.25) is 0 Å². The minimum Gasteiger partial charge on any atom is -0.278 e. The van der Waals surface area contributed by atoms with E-state index in [0.29, 0.717) is 0 Å². The van der Waals surface area contributed by atoms with Crippen molar-refractivity contribution in [1.29, 1.82) is 0 Å². The molecule has 0 bridgehead atoms. The molecule has 0 radical (unpaired) electrons. The fourth-order valence-corrected chi connectivity index (χ4v) is 2.76. The lowest BCUT2D eigenvalue weighted by atomic mass is 10.6. The lowest BCUT2D eigenvalue weighted by Crippen LogP contribution is -1.91. The van der Waals surface area contributed by atoms with Gasteiger partial charge in [0.05, 0.1) is 0 Å². The van der Waals surface area contributed by atoms with Crippen LogP contribution in [0.25, 0.3) is 0 Å². The molecule has 1 aliphatic rings. The van der Waals surface area contributed by atoms with Crippen molar-refractivity contribution in [3.63, 3.8) is 0 Å². The van der Waals surface area contributed by atoms with Crippen LogP contribution in [0.5, 0.6) is 0 Å². The van der Waals surface area contributed by atoms with Gasteiger partial charge in [-0.2, -0.15) is 8.42 Å². The maximum Gasteiger partial charge on any atom is 0.306 e. The normalized spacial score (nSPS) is 21.2. The standard InChI is InChI=1S/C4H6O3S2/c5-9(6,7)8-3-1-2-4-8/h1-4,8H,(H,5,6,7). The Morgan fingerprint density at radius 3 is 1.89 bits per heavy atom. The van der Waals surface area contributed by atoms with E-state index in [0.717, 1.165) is 0 Å². The maximum absolute atomic E-state index is 10.3. The van der Waals surface area contributed by atoms with E-state index in [9.17, 15) is 8.42 Å². The van der Waals surface area contributed by atoms with Crippen LogP contribution in [0.4, 0.5) is 0 Å². The molecular formula is C4H6O3S2. The highest BCUT2D eigenvalue weighted by atomic mass is 33.2. The van der Waals surface area contributed by atoms with E-state index in [1.54, 1.807) is 12.2 Å². The maximum atomic E-state index is 10.3. The Kier molecular flexibility index (Phi) is 1.65. The van der Waals surface area contributed by atoms with E-state index in [2.05, 4.69) is 0 Å². The summed E-state index contributed by atoms with van der Waals surface area (Å²) in [7, 11) is -5.23. The van der Waals surface area contributed by atoms with Crippen LogP contribution in [0.1, 0.15) is 0 Å². The Labute approximate surface area is 55.6 Å². The van der Waals surface area contributed by atoms with Gasteiger partial charge < -0.3 is 0 Å². The van der Waals surface area contributed by atoms with Crippen LogP contribution in [0.3, 0.4) is 0 Å². The number of rotatable bonds is 1. The van der Waals surface area contributed by atoms with Gasteiger partial charge >= 0.3 is 9.15 Å². The molecular weight excluding hydrogens is 160 g/mol. The van der Waals surface area contributed by atoms with Crippen molar-refractivity contribution in [2.75, 3.05) is 0 Å². The first-order chi connectivity index (χ1) is 4.11. The first kappa shape index (κ1) is 6.85. The van der Waals surface area contributed by atoms with Gasteiger partial charge in [0.15, 0.2) is 0 Å². The lowest BCUT2D eigenvalue weighted by molar-refractivity contribution is 0.503. The average Bonchev–Trinajstić information content (AvgIpc) is 2.08. The third-order valence-electron chi connectivity index (χ3n) is 0.844. The zero-order valence-electron chi connectivity index (χ0n) is 4.43. The number of allylic oxidation sites excluding steroid dienone is 2. The zero-order chi connectivity index (χ0) is 6.91. The van der Waals surface area contributed by atoms with Gasteiger partial charge in [0.25, 0.3) is 0 Å². The van der Waals surface area contributed by atoms with Crippen molar-refractivity contribution in [1.82, 2.24) is 0 Å². The molecule has 0 aromatic carbocycles. The van der Waals surface area contributed by atoms with Crippen molar-refractivity contribution >= 4 is 19.1 Å². The highest BCUT2D eigenvalue weighted by Crippen LogP contribution is 2.37. The molecule has 0 saturated heterocycles. The summed E-state index contributed by atoms with van der Waals surface area (Å²) in [5.41, 5.74) is 0. The summed E-state index contributed by atoms with van der Waals surface area (Å²) in [6, 6.07) is 0. The van der Waals surface area contributed by atoms with Crippen molar-refractivity contribution < 1.29 is 13.0 Å². The first-order valence-electron chi connectivity index (χ1n) is 2.21. The molecule has 0 atom stereocenters. The monoisotopic (exact) mass is 166 g/mol. The average molecular weight is 166 g/mol. The summed E-state index contributed by atoms with van der Waals surface area (Å²) in [6.07, 6.45) is 3.22. The summed E-state index contributed by atoms with van der Waals surface area (Å²) in [6.45, 7) is 0. The molecule has 0 aliphatic carbocycles. The van der Waals surface area contributed by atoms with E-state index in [1.807, 2.05) is 0 Å². The van der Waals surface area contributed by atoms with E-state index < -0.39 is 19.1 Å². The van der Waals surface area contributed by atoms with Crippen LogP contribution < -0.4 is 0 Å². The number of hydrogen-bond acceptors (Lipinski definition) is 2. The highest BCUT2D eigenvalue weighted by molar-refractivity contribution is 8.81. The molecule has 1 N–H and O–H groups in total. The van der Waals surface area contributed by atoms with E-state index in [-0.39, 0.29) is 0 Å². The van der Waals surface area contributed by atoms with Crippen molar-refractivity contribution in [3.8, 4) is 0 Å². The van der Waals surface area contributed by atoms with Crippen LogP contribution in [0.2, 0.25) is 0 Å². The van der Waals surface area contributed by atoms with E-state index in [4.69, 9.17) is 4.55 Å².